The van der Waals surface area contributed by atoms with Crippen molar-refractivity contribution in [3.63, 3.8) is 0 Å². The average molecular weight is 448 g/mol. The van der Waals surface area contributed by atoms with Crippen LogP contribution >= 0.6 is 0 Å². The van der Waals surface area contributed by atoms with Gasteiger partial charge in [0.25, 0.3) is 0 Å². The van der Waals surface area contributed by atoms with E-state index in [1.54, 1.807) is 0 Å². The van der Waals surface area contributed by atoms with Crippen LogP contribution in [0, 0.1) is 17.0 Å². The lowest BCUT2D eigenvalue weighted by molar-refractivity contribution is 0.242. The van der Waals surface area contributed by atoms with Crippen LogP contribution in [-0.4, -0.2) is 33.3 Å². The van der Waals surface area contributed by atoms with E-state index in [4.69, 9.17) is 4.98 Å². The highest BCUT2D eigenvalue weighted by atomic mass is 19.1. The Morgan fingerprint density at radius 2 is 1.76 bits per heavy atom. The Labute approximate surface area is 192 Å². The number of halogens is 2. The molecule has 0 N–H and O–H groups in total. The summed E-state index contributed by atoms with van der Waals surface area (Å²) >= 11 is 0. The van der Waals surface area contributed by atoms with Gasteiger partial charge < -0.3 is 4.90 Å². The largest absolute Gasteiger partial charge is 0.341 e. The molecule has 2 fully saturated rings. The minimum atomic E-state index is -0.622. The molecule has 1 aliphatic heterocycles. The summed E-state index contributed by atoms with van der Waals surface area (Å²) in [6.45, 7) is 6.49. The molecule has 0 radical (unpaired) electrons. The number of benzene rings is 1. The van der Waals surface area contributed by atoms with Gasteiger partial charge in [0, 0.05) is 19.3 Å². The molecule has 1 aromatic carbocycles. The maximum atomic E-state index is 14.5. The summed E-state index contributed by atoms with van der Waals surface area (Å²) in [4.78, 5) is 11.9. The van der Waals surface area contributed by atoms with E-state index < -0.39 is 11.6 Å². The first-order chi connectivity index (χ1) is 15.9. The number of rotatable bonds is 3. The highest BCUT2D eigenvalue weighted by Crippen LogP contribution is 2.69. The second-order valence-electron chi connectivity index (χ2n) is 10.1. The minimum Gasteiger partial charge on any atom is -0.341 e. The first-order valence-electron chi connectivity index (χ1n) is 11.8. The summed E-state index contributed by atoms with van der Waals surface area (Å²) < 4.78 is 28.9. The maximum Gasteiger partial charge on any atom is 0.225 e. The average Bonchev–Trinajstić information content (AvgIpc) is 3.21. The van der Waals surface area contributed by atoms with Crippen molar-refractivity contribution in [2.45, 2.75) is 57.3 Å². The van der Waals surface area contributed by atoms with E-state index in [0.29, 0.717) is 0 Å². The van der Waals surface area contributed by atoms with Crippen molar-refractivity contribution in [2.75, 3.05) is 18.0 Å². The van der Waals surface area contributed by atoms with Crippen LogP contribution in [0.3, 0.4) is 0 Å². The molecule has 0 unspecified atom stereocenters. The zero-order valence-corrected chi connectivity index (χ0v) is 19.0. The van der Waals surface area contributed by atoms with Gasteiger partial charge in [0.2, 0.25) is 5.95 Å². The van der Waals surface area contributed by atoms with Gasteiger partial charge in [0.1, 0.15) is 11.6 Å². The van der Waals surface area contributed by atoms with Gasteiger partial charge in [-0.3, -0.25) is 0 Å². The molecule has 7 heteroatoms. The molecule has 3 heterocycles. The van der Waals surface area contributed by atoms with Gasteiger partial charge in [-0.15, -0.1) is 5.10 Å². The van der Waals surface area contributed by atoms with Gasteiger partial charge in [-0.2, -0.15) is 5.10 Å². The Balaban J connectivity index is 1.48. The summed E-state index contributed by atoms with van der Waals surface area (Å²) in [6.07, 6.45) is 7.35. The van der Waals surface area contributed by atoms with Gasteiger partial charge in [0.05, 0.1) is 28.1 Å². The van der Waals surface area contributed by atoms with Crippen LogP contribution in [0.1, 0.15) is 68.8 Å². The molecule has 33 heavy (non-hydrogen) atoms. The summed E-state index contributed by atoms with van der Waals surface area (Å²) in [5.74, 6) is -0.232. The maximum absolute atomic E-state index is 14.5. The molecule has 170 valence electrons. The number of piperidine rings is 1. The van der Waals surface area contributed by atoms with Crippen molar-refractivity contribution in [2.24, 2.45) is 5.41 Å². The second-order valence-corrected chi connectivity index (χ2v) is 10.1. The fourth-order valence-corrected chi connectivity index (χ4v) is 6.59. The summed E-state index contributed by atoms with van der Waals surface area (Å²) in [5, 5.41) is 8.96. The SMILES string of the molecule is CC1(C)[C@@H]2CC[C@]1(c1ccnc(N3CCCCC3)n1)c1nnc(-c3c(F)cccc3F)cc12. The van der Waals surface area contributed by atoms with E-state index in [9.17, 15) is 8.78 Å². The van der Waals surface area contributed by atoms with E-state index in [-0.39, 0.29) is 28.0 Å². The topological polar surface area (TPSA) is 54.8 Å². The lowest BCUT2D eigenvalue weighted by Gasteiger charge is -2.38. The third kappa shape index (κ3) is 2.80. The zero-order valence-electron chi connectivity index (χ0n) is 19.0. The Bertz CT molecular complexity index is 1220. The monoisotopic (exact) mass is 447 g/mol. The van der Waals surface area contributed by atoms with E-state index in [0.717, 1.165) is 61.7 Å². The van der Waals surface area contributed by atoms with Crippen molar-refractivity contribution in [3.8, 4) is 11.3 Å². The summed E-state index contributed by atoms with van der Waals surface area (Å²) in [5.41, 5.74) is 2.51. The quantitative estimate of drug-likeness (QED) is 0.538. The lowest BCUT2D eigenvalue weighted by atomic mass is 9.66. The number of nitrogens with zero attached hydrogens (tertiary/aromatic N) is 5. The van der Waals surface area contributed by atoms with Gasteiger partial charge in [-0.25, -0.2) is 18.7 Å². The molecule has 2 bridgehead atoms. The molecule has 0 spiro atoms. The Hall–Kier alpha value is -2.96. The van der Waals surface area contributed by atoms with Gasteiger partial charge in [0.15, 0.2) is 0 Å². The van der Waals surface area contributed by atoms with Crippen molar-refractivity contribution in [3.05, 3.63) is 65.1 Å². The molecule has 3 aromatic rings. The van der Waals surface area contributed by atoms with Crippen molar-refractivity contribution in [1.82, 2.24) is 20.2 Å². The third-order valence-corrected chi connectivity index (χ3v) is 8.32. The highest BCUT2D eigenvalue weighted by molar-refractivity contribution is 5.64. The first-order valence-corrected chi connectivity index (χ1v) is 11.8. The summed E-state index contributed by atoms with van der Waals surface area (Å²) in [6, 6.07) is 7.74. The molecule has 2 atom stereocenters. The van der Waals surface area contributed by atoms with Crippen LogP contribution in [0.15, 0.2) is 36.5 Å². The van der Waals surface area contributed by atoms with Crippen molar-refractivity contribution >= 4 is 5.95 Å². The number of anilines is 1. The van der Waals surface area contributed by atoms with Crippen molar-refractivity contribution in [1.29, 1.82) is 0 Å². The van der Waals surface area contributed by atoms with Gasteiger partial charge in [-0.05, 0) is 73.3 Å². The first kappa shape index (κ1) is 20.6. The van der Waals surface area contributed by atoms with Crippen LogP contribution < -0.4 is 4.90 Å². The van der Waals surface area contributed by atoms with Crippen molar-refractivity contribution < 1.29 is 8.78 Å². The second kappa shape index (κ2) is 7.27. The molecular formula is C26H27F2N5. The van der Waals surface area contributed by atoms with E-state index in [2.05, 4.69) is 33.9 Å². The number of aromatic nitrogens is 4. The van der Waals surface area contributed by atoms with E-state index >= 15 is 0 Å². The fraction of sp³-hybridized carbons (Fsp3) is 0.462. The summed E-state index contributed by atoms with van der Waals surface area (Å²) in [7, 11) is 0. The van der Waals surface area contributed by atoms with E-state index in [1.807, 2.05) is 18.3 Å². The van der Waals surface area contributed by atoms with Gasteiger partial charge >= 0.3 is 0 Å². The van der Waals surface area contributed by atoms with Crippen LogP contribution in [0.25, 0.3) is 11.3 Å². The molecule has 3 aliphatic rings. The number of hydrogen-bond donors (Lipinski definition) is 0. The van der Waals surface area contributed by atoms with Gasteiger partial charge in [-0.1, -0.05) is 19.9 Å². The Morgan fingerprint density at radius 3 is 2.52 bits per heavy atom. The highest BCUT2D eigenvalue weighted by Gasteiger charge is 2.65. The zero-order chi connectivity index (χ0) is 22.8. The molecule has 2 aromatic heterocycles. The molecule has 6 rings (SSSR count). The van der Waals surface area contributed by atoms with Crippen LogP contribution in [0.4, 0.5) is 14.7 Å². The molecule has 1 saturated carbocycles. The molecule has 1 saturated heterocycles. The Kier molecular flexibility index (Phi) is 4.55. The van der Waals surface area contributed by atoms with Crippen LogP contribution in [0.5, 0.6) is 0 Å². The van der Waals surface area contributed by atoms with Crippen LogP contribution in [0.2, 0.25) is 0 Å². The minimum absolute atomic E-state index is 0.114. The van der Waals surface area contributed by atoms with Crippen LogP contribution in [-0.2, 0) is 5.41 Å². The Morgan fingerprint density at radius 1 is 1.00 bits per heavy atom. The number of hydrogen-bond acceptors (Lipinski definition) is 5. The lowest BCUT2D eigenvalue weighted by Crippen LogP contribution is -2.39. The molecule has 5 nitrogen and oxygen atoms in total. The van der Waals surface area contributed by atoms with E-state index in [1.165, 1.54) is 24.6 Å². The molecule has 2 aliphatic carbocycles. The predicted molar refractivity (Wildman–Crippen MR) is 122 cm³/mol. The normalized spacial score (nSPS) is 25.3. The number of fused-ring (bicyclic) bond motifs is 5. The third-order valence-electron chi connectivity index (χ3n) is 8.32. The smallest absolute Gasteiger partial charge is 0.225 e. The fourth-order valence-electron chi connectivity index (χ4n) is 6.59. The molecular weight excluding hydrogens is 420 g/mol. The predicted octanol–water partition coefficient (Wildman–Crippen LogP) is 5.41. The standard InChI is InChI=1S/C26H27F2N5/c1-25(2)17-9-11-26(25,21-10-12-29-24(30-21)33-13-4-3-5-14-33)23-16(17)15-20(31-32-23)22-18(27)7-6-8-19(22)28/h6-8,10,12,15,17H,3-5,9,11,13-14H2,1-2H3/t17-,26+/m1/s1. The molecule has 0 amide bonds.